The summed E-state index contributed by atoms with van der Waals surface area (Å²) >= 11 is 0. The minimum Gasteiger partial charge on any atom is -0.756 e. The van der Waals surface area contributed by atoms with Crippen LogP contribution in [0.5, 0.6) is 0 Å². The highest BCUT2D eigenvalue weighted by atomic mass is 31.2. The first kappa shape index (κ1) is 48.7. The van der Waals surface area contributed by atoms with Crippen LogP contribution in [0.15, 0.2) is 36.5 Å². The van der Waals surface area contributed by atoms with E-state index in [0.717, 1.165) is 57.8 Å². The van der Waals surface area contributed by atoms with Crippen LogP contribution in [0.3, 0.4) is 0 Å². The predicted octanol–water partition coefficient (Wildman–Crippen LogP) is 10.1. The third kappa shape index (κ3) is 35.1. The lowest BCUT2D eigenvalue weighted by Gasteiger charge is -2.29. The van der Waals surface area contributed by atoms with Crippen molar-refractivity contribution < 1.29 is 32.9 Å². The second-order valence-corrected chi connectivity index (χ2v) is 16.4. The quantitative estimate of drug-likeness (QED) is 0.0288. The third-order valence-corrected chi connectivity index (χ3v) is 9.79. The fourth-order valence-corrected chi connectivity index (χ4v) is 6.24. The first-order valence-corrected chi connectivity index (χ1v) is 21.8. The van der Waals surface area contributed by atoms with E-state index in [1.807, 2.05) is 27.2 Å². The van der Waals surface area contributed by atoms with Gasteiger partial charge in [-0.1, -0.05) is 140 Å². The van der Waals surface area contributed by atoms with Crippen molar-refractivity contribution in [3.63, 3.8) is 0 Å². The van der Waals surface area contributed by atoms with Gasteiger partial charge in [-0.25, -0.2) is 0 Å². The molecule has 0 fully saturated rings. The van der Waals surface area contributed by atoms with Crippen molar-refractivity contribution in [1.82, 2.24) is 5.32 Å². The summed E-state index contributed by atoms with van der Waals surface area (Å²) in [4.78, 5) is 25.2. The van der Waals surface area contributed by atoms with Gasteiger partial charge in [0.05, 0.1) is 39.9 Å². The number of phosphoric ester groups is 1. The van der Waals surface area contributed by atoms with Crippen LogP contribution < -0.4 is 10.2 Å². The summed E-state index contributed by atoms with van der Waals surface area (Å²) in [5.74, 6) is -0.220. The van der Waals surface area contributed by atoms with Crippen molar-refractivity contribution in [2.75, 3.05) is 40.9 Å². The van der Waals surface area contributed by atoms with E-state index < -0.39 is 26.6 Å². The first-order chi connectivity index (χ1) is 24.0. The van der Waals surface area contributed by atoms with Crippen LogP contribution in [0.4, 0.5) is 0 Å². The molecule has 0 heterocycles. The van der Waals surface area contributed by atoms with Crippen LogP contribution in [0, 0.1) is 0 Å². The van der Waals surface area contributed by atoms with E-state index in [1.54, 1.807) is 6.08 Å². The number of unbranched alkanes of at least 4 members (excludes halogenated alkanes) is 19. The Morgan fingerprint density at radius 3 is 1.66 bits per heavy atom. The number of rotatable bonds is 36. The summed E-state index contributed by atoms with van der Waals surface area (Å²) in [7, 11) is 1.23. The summed E-state index contributed by atoms with van der Waals surface area (Å²) < 4.78 is 23.1. The molecule has 0 aliphatic carbocycles. The molecule has 0 rings (SSSR count). The molecule has 3 atom stereocenters. The fourth-order valence-electron chi connectivity index (χ4n) is 5.51. The molecule has 294 valence electrons. The van der Waals surface area contributed by atoms with Gasteiger partial charge in [0.15, 0.2) is 0 Å². The van der Waals surface area contributed by atoms with E-state index in [9.17, 15) is 19.4 Å². The standard InChI is InChI=1S/C41H79N2O6P/c1-6-8-10-12-14-16-18-20-21-22-23-24-26-28-30-32-34-40(44)39(38-49-50(46,47)48-37-36-43(3,4)5)42-41(45)35-33-31-29-27-25-19-17-15-13-11-9-7-2/h15,17,24,26,32,34,39-40,44H,6-14,16,18-23,25,27-31,33,35-38H2,1-5H3,(H-,42,45,46,47)/b17-15-,26-24+,34-32+. The Labute approximate surface area is 308 Å². The van der Waals surface area contributed by atoms with E-state index in [0.29, 0.717) is 17.4 Å². The van der Waals surface area contributed by atoms with Gasteiger partial charge in [-0.05, 0) is 57.8 Å². The lowest BCUT2D eigenvalue weighted by atomic mass is 10.1. The molecule has 0 aliphatic rings. The normalized spacial score (nSPS) is 14.9. The molecule has 0 radical (unpaired) electrons. The first-order valence-electron chi connectivity index (χ1n) is 20.4. The van der Waals surface area contributed by atoms with Gasteiger partial charge < -0.3 is 28.8 Å². The lowest BCUT2D eigenvalue weighted by molar-refractivity contribution is -0.870. The highest BCUT2D eigenvalue weighted by Crippen LogP contribution is 2.38. The Hall–Kier alpha value is -1.28. The minimum absolute atomic E-state index is 0.00822. The molecule has 0 aromatic rings. The van der Waals surface area contributed by atoms with Crippen molar-refractivity contribution in [2.24, 2.45) is 0 Å². The SMILES string of the molecule is CCCCC/C=C\CCCCCCCC(=O)NC(COP(=O)([O-])OCC[N+](C)(C)C)C(O)/C=C/CC/C=C/CCCCCCCCCCCC. The monoisotopic (exact) mass is 727 g/mol. The third-order valence-electron chi connectivity index (χ3n) is 8.82. The Balaban J connectivity index is 4.56. The van der Waals surface area contributed by atoms with E-state index in [1.165, 1.54) is 89.9 Å². The van der Waals surface area contributed by atoms with Crippen LogP contribution in [-0.2, 0) is 18.4 Å². The van der Waals surface area contributed by atoms with Crippen molar-refractivity contribution >= 4 is 13.7 Å². The number of hydrogen-bond donors (Lipinski definition) is 2. The second-order valence-electron chi connectivity index (χ2n) is 15.0. The number of carbonyl (C=O) groups excluding carboxylic acids is 1. The number of allylic oxidation sites excluding steroid dienone is 5. The number of amides is 1. The Bertz CT molecular complexity index is 917. The molecule has 0 bridgehead atoms. The fraction of sp³-hybridized carbons (Fsp3) is 0.829. The Morgan fingerprint density at radius 2 is 1.12 bits per heavy atom. The van der Waals surface area contributed by atoms with Crippen molar-refractivity contribution in [1.29, 1.82) is 0 Å². The van der Waals surface area contributed by atoms with Gasteiger partial charge in [0, 0.05) is 6.42 Å². The number of carbonyl (C=O) groups is 1. The van der Waals surface area contributed by atoms with Crippen molar-refractivity contribution in [3.05, 3.63) is 36.5 Å². The maximum atomic E-state index is 12.8. The van der Waals surface area contributed by atoms with Crippen LogP contribution in [0.2, 0.25) is 0 Å². The predicted molar refractivity (Wildman–Crippen MR) is 210 cm³/mol. The molecule has 0 saturated carbocycles. The Morgan fingerprint density at radius 1 is 0.680 bits per heavy atom. The molecule has 0 aliphatic heterocycles. The molecule has 1 amide bonds. The number of likely N-dealkylation sites (N-methyl/N-ethyl adjacent to an activating group) is 1. The molecule has 0 aromatic carbocycles. The molecule has 0 saturated heterocycles. The largest absolute Gasteiger partial charge is 0.756 e. The summed E-state index contributed by atoms with van der Waals surface area (Å²) in [6.07, 6.45) is 39.0. The van der Waals surface area contributed by atoms with Crippen LogP contribution in [0.1, 0.15) is 168 Å². The number of phosphoric acid groups is 1. The molecule has 0 aromatic heterocycles. The van der Waals surface area contributed by atoms with E-state index in [4.69, 9.17) is 9.05 Å². The van der Waals surface area contributed by atoms with Gasteiger partial charge in [0.25, 0.3) is 7.82 Å². The Kier molecular flexibility index (Phi) is 32.7. The molecule has 8 nitrogen and oxygen atoms in total. The average Bonchev–Trinajstić information content (AvgIpc) is 3.06. The molecule has 3 unspecified atom stereocenters. The van der Waals surface area contributed by atoms with E-state index in [-0.39, 0.29) is 12.5 Å². The number of aliphatic hydroxyl groups excluding tert-OH is 1. The molecular weight excluding hydrogens is 647 g/mol. The number of quaternary nitrogens is 1. The zero-order valence-electron chi connectivity index (χ0n) is 33.1. The van der Waals surface area contributed by atoms with Gasteiger partial charge >= 0.3 is 0 Å². The topological polar surface area (TPSA) is 108 Å². The summed E-state index contributed by atoms with van der Waals surface area (Å²) in [6, 6.07) is -0.904. The highest BCUT2D eigenvalue weighted by Gasteiger charge is 2.23. The summed E-state index contributed by atoms with van der Waals surface area (Å²) in [6.45, 7) is 4.57. The van der Waals surface area contributed by atoms with Crippen LogP contribution in [-0.4, -0.2) is 68.5 Å². The molecule has 0 spiro atoms. The van der Waals surface area contributed by atoms with Gasteiger partial charge in [-0.15, -0.1) is 0 Å². The maximum absolute atomic E-state index is 12.8. The van der Waals surface area contributed by atoms with Gasteiger partial charge in [0.2, 0.25) is 5.91 Å². The summed E-state index contributed by atoms with van der Waals surface area (Å²) in [5.41, 5.74) is 0. The van der Waals surface area contributed by atoms with E-state index in [2.05, 4.69) is 43.5 Å². The van der Waals surface area contributed by atoms with Crippen LogP contribution in [0.25, 0.3) is 0 Å². The smallest absolute Gasteiger partial charge is 0.268 e. The zero-order valence-corrected chi connectivity index (χ0v) is 34.0. The van der Waals surface area contributed by atoms with Gasteiger partial charge in [-0.3, -0.25) is 9.36 Å². The number of aliphatic hydroxyl groups is 1. The van der Waals surface area contributed by atoms with Crippen molar-refractivity contribution in [2.45, 2.75) is 180 Å². The van der Waals surface area contributed by atoms with E-state index >= 15 is 0 Å². The molecule has 2 N–H and O–H groups in total. The molecule has 9 heteroatoms. The average molecular weight is 727 g/mol. The molecule has 50 heavy (non-hydrogen) atoms. The lowest BCUT2D eigenvalue weighted by Crippen LogP contribution is -2.45. The van der Waals surface area contributed by atoms with Gasteiger partial charge in [-0.2, -0.15) is 0 Å². The second kappa shape index (κ2) is 33.5. The minimum atomic E-state index is -4.59. The number of hydrogen-bond acceptors (Lipinski definition) is 6. The van der Waals surface area contributed by atoms with Crippen molar-refractivity contribution in [3.8, 4) is 0 Å². The summed E-state index contributed by atoms with van der Waals surface area (Å²) in [5, 5.41) is 13.7. The van der Waals surface area contributed by atoms with Crippen LogP contribution >= 0.6 is 7.82 Å². The maximum Gasteiger partial charge on any atom is 0.268 e. The molecular formula is C41H79N2O6P. The van der Waals surface area contributed by atoms with Gasteiger partial charge in [0.1, 0.15) is 13.2 Å². The highest BCUT2D eigenvalue weighted by molar-refractivity contribution is 7.45. The number of nitrogens with one attached hydrogen (secondary N) is 1. The zero-order chi connectivity index (χ0) is 37.2. The number of nitrogens with zero attached hydrogens (tertiary/aromatic N) is 1.